The summed E-state index contributed by atoms with van der Waals surface area (Å²) in [7, 11) is 3.54. The van der Waals surface area contributed by atoms with Crippen LogP contribution in [0.1, 0.15) is 18.0 Å². The van der Waals surface area contributed by atoms with Gasteiger partial charge in [0.05, 0.1) is 6.61 Å². The third-order valence-corrected chi connectivity index (χ3v) is 2.97. The molecule has 1 aromatic heterocycles. The van der Waals surface area contributed by atoms with Crippen LogP contribution in [0.5, 0.6) is 0 Å². The van der Waals surface area contributed by atoms with E-state index in [1.54, 1.807) is 13.3 Å². The molecule has 0 saturated heterocycles. The number of aryl methyl sites for hydroxylation is 1. The Balaban J connectivity index is 1.82. The molecule has 1 aliphatic rings. The zero-order valence-electron chi connectivity index (χ0n) is 9.64. The Morgan fingerprint density at radius 1 is 1.75 bits per heavy atom. The van der Waals surface area contributed by atoms with Gasteiger partial charge in [0.15, 0.2) is 0 Å². The zero-order valence-corrected chi connectivity index (χ0v) is 9.64. The van der Waals surface area contributed by atoms with Crippen molar-refractivity contribution in [2.24, 2.45) is 13.0 Å². The Morgan fingerprint density at radius 2 is 2.56 bits per heavy atom. The van der Waals surface area contributed by atoms with E-state index in [0.717, 1.165) is 12.1 Å². The number of nitrogens with zero attached hydrogens (tertiary/aromatic N) is 2. The third kappa shape index (κ3) is 2.24. The lowest BCUT2D eigenvalue weighted by molar-refractivity contribution is -0.122. The molecular weight excluding hydrogens is 206 g/mol. The van der Waals surface area contributed by atoms with Crippen molar-refractivity contribution in [1.29, 1.82) is 0 Å². The fourth-order valence-electron chi connectivity index (χ4n) is 1.97. The van der Waals surface area contributed by atoms with Crippen molar-refractivity contribution < 1.29 is 9.53 Å². The molecule has 2 rings (SSSR count). The van der Waals surface area contributed by atoms with Crippen molar-refractivity contribution >= 4 is 5.91 Å². The molecule has 0 bridgehead atoms. The number of amides is 1. The Labute approximate surface area is 94.8 Å². The summed E-state index contributed by atoms with van der Waals surface area (Å²) in [5.74, 6) is 0.588. The molecule has 16 heavy (non-hydrogen) atoms. The Morgan fingerprint density at radius 3 is 3.19 bits per heavy atom. The number of rotatable bonds is 5. The molecule has 1 fully saturated rings. The first-order valence-corrected chi connectivity index (χ1v) is 5.48. The maximum atomic E-state index is 11.7. The summed E-state index contributed by atoms with van der Waals surface area (Å²) in [4.78, 5) is 11.7. The van der Waals surface area contributed by atoms with E-state index >= 15 is 0 Å². The van der Waals surface area contributed by atoms with E-state index in [0.29, 0.717) is 19.1 Å². The lowest BCUT2D eigenvalue weighted by Crippen LogP contribution is -2.28. The van der Waals surface area contributed by atoms with E-state index < -0.39 is 0 Å². The maximum Gasteiger partial charge on any atom is 0.223 e. The first-order chi connectivity index (χ1) is 7.74. The smallest absolute Gasteiger partial charge is 0.223 e. The van der Waals surface area contributed by atoms with Crippen LogP contribution in [0.2, 0.25) is 0 Å². The number of aromatic nitrogens is 2. The van der Waals surface area contributed by atoms with Gasteiger partial charge in [-0.15, -0.1) is 0 Å². The summed E-state index contributed by atoms with van der Waals surface area (Å²) in [6.45, 7) is 1.15. The average Bonchev–Trinajstić information content (AvgIpc) is 2.95. The van der Waals surface area contributed by atoms with Crippen molar-refractivity contribution in [3.63, 3.8) is 0 Å². The average molecular weight is 223 g/mol. The van der Waals surface area contributed by atoms with Gasteiger partial charge in [-0.25, -0.2) is 0 Å². The highest BCUT2D eigenvalue weighted by Crippen LogP contribution is 2.47. The summed E-state index contributed by atoms with van der Waals surface area (Å²) in [6.07, 6.45) is 2.70. The van der Waals surface area contributed by atoms with Gasteiger partial charge in [-0.1, -0.05) is 0 Å². The van der Waals surface area contributed by atoms with E-state index in [9.17, 15) is 4.79 Å². The first kappa shape index (κ1) is 11.1. The summed E-state index contributed by atoms with van der Waals surface area (Å²) in [6, 6.07) is 1.98. The van der Waals surface area contributed by atoms with E-state index in [-0.39, 0.29) is 11.8 Å². The standard InChI is InChI=1S/C11H17N3O2/c1-14-10(3-4-13-14)8-7-9(8)11(15)12-5-6-16-2/h3-4,8-9H,5-7H2,1-2H3,(H,12,15). The molecule has 5 heteroatoms. The molecule has 0 aromatic carbocycles. The van der Waals surface area contributed by atoms with Gasteiger partial charge in [-0.2, -0.15) is 5.10 Å². The van der Waals surface area contributed by atoms with E-state index in [4.69, 9.17) is 4.74 Å². The van der Waals surface area contributed by atoms with Crippen molar-refractivity contribution in [2.75, 3.05) is 20.3 Å². The molecule has 1 heterocycles. The maximum absolute atomic E-state index is 11.7. The van der Waals surface area contributed by atoms with Crippen LogP contribution < -0.4 is 5.32 Å². The van der Waals surface area contributed by atoms with Crippen LogP contribution in [-0.2, 0) is 16.6 Å². The fourth-order valence-corrected chi connectivity index (χ4v) is 1.97. The molecule has 1 aromatic rings. The predicted molar refractivity (Wildman–Crippen MR) is 58.9 cm³/mol. The molecule has 2 atom stereocenters. The topological polar surface area (TPSA) is 56.1 Å². The SMILES string of the molecule is COCCNC(=O)C1CC1c1ccnn1C. The third-order valence-electron chi connectivity index (χ3n) is 2.97. The summed E-state index contributed by atoms with van der Waals surface area (Å²) in [5.41, 5.74) is 1.15. The second-order valence-corrected chi connectivity index (χ2v) is 4.11. The molecule has 1 saturated carbocycles. The van der Waals surface area contributed by atoms with Gasteiger partial charge in [0.2, 0.25) is 5.91 Å². The molecule has 1 amide bonds. The van der Waals surface area contributed by atoms with Gasteiger partial charge in [0, 0.05) is 44.4 Å². The number of ether oxygens (including phenoxy) is 1. The lowest BCUT2D eigenvalue weighted by atomic mass is 10.2. The van der Waals surface area contributed by atoms with E-state index in [1.807, 2.05) is 17.8 Å². The summed E-state index contributed by atoms with van der Waals surface area (Å²) in [5, 5.41) is 6.98. The van der Waals surface area contributed by atoms with Gasteiger partial charge in [-0.3, -0.25) is 9.48 Å². The molecule has 5 nitrogen and oxygen atoms in total. The molecule has 1 N–H and O–H groups in total. The highest BCUT2D eigenvalue weighted by atomic mass is 16.5. The van der Waals surface area contributed by atoms with Gasteiger partial charge < -0.3 is 10.1 Å². The van der Waals surface area contributed by atoms with Crippen LogP contribution in [-0.4, -0.2) is 35.9 Å². The summed E-state index contributed by atoms with van der Waals surface area (Å²) >= 11 is 0. The number of nitrogens with one attached hydrogen (secondary N) is 1. The van der Waals surface area contributed by atoms with E-state index in [2.05, 4.69) is 10.4 Å². The van der Waals surface area contributed by atoms with Crippen LogP contribution in [0.25, 0.3) is 0 Å². The van der Waals surface area contributed by atoms with Crippen molar-refractivity contribution in [3.8, 4) is 0 Å². The molecule has 2 unspecified atom stereocenters. The van der Waals surface area contributed by atoms with Gasteiger partial charge in [-0.05, 0) is 12.5 Å². The van der Waals surface area contributed by atoms with Crippen LogP contribution >= 0.6 is 0 Å². The number of carbonyl (C=O) groups excluding carboxylic acids is 1. The predicted octanol–water partition coefficient (Wildman–Crippen LogP) is 0.286. The van der Waals surface area contributed by atoms with Gasteiger partial charge in [0.1, 0.15) is 0 Å². The van der Waals surface area contributed by atoms with Gasteiger partial charge in [0.25, 0.3) is 0 Å². The fraction of sp³-hybridized carbons (Fsp3) is 0.636. The minimum Gasteiger partial charge on any atom is -0.383 e. The largest absolute Gasteiger partial charge is 0.383 e. The van der Waals surface area contributed by atoms with Crippen molar-refractivity contribution in [2.45, 2.75) is 12.3 Å². The Bertz CT molecular complexity index is 375. The minimum atomic E-state index is 0.118. The van der Waals surface area contributed by atoms with Crippen molar-refractivity contribution in [3.05, 3.63) is 18.0 Å². The Kier molecular flexibility index (Phi) is 3.24. The number of hydrogen-bond acceptors (Lipinski definition) is 3. The first-order valence-electron chi connectivity index (χ1n) is 5.48. The van der Waals surface area contributed by atoms with Gasteiger partial charge >= 0.3 is 0 Å². The van der Waals surface area contributed by atoms with Crippen LogP contribution in [0.3, 0.4) is 0 Å². The number of hydrogen-bond donors (Lipinski definition) is 1. The van der Waals surface area contributed by atoms with Crippen LogP contribution in [0, 0.1) is 5.92 Å². The molecule has 88 valence electrons. The molecule has 1 aliphatic carbocycles. The Hall–Kier alpha value is -1.36. The quantitative estimate of drug-likeness (QED) is 0.730. The normalized spacial score (nSPS) is 23.1. The van der Waals surface area contributed by atoms with Crippen molar-refractivity contribution in [1.82, 2.24) is 15.1 Å². The van der Waals surface area contributed by atoms with Crippen LogP contribution in [0.4, 0.5) is 0 Å². The molecule has 0 spiro atoms. The minimum absolute atomic E-state index is 0.118. The highest BCUT2D eigenvalue weighted by molar-refractivity contribution is 5.82. The molecular formula is C11H17N3O2. The van der Waals surface area contributed by atoms with Crippen LogP contribution in [0.15, 0.2) is 12.3 Å². The molecule has 0 radical (unpaired) electrons. The molecule has 0 aliphatic heterocycles. The number of methoxy groups -OCH3 is 1. The second kappa shape index (κ2) is 4.65. The summed E-state index contributed by atoms with van der Waals surface area (Å²) < 4.78 is 6.72. The zero-order chi connectivity index (χ0) is 11.5. The second-order valence-electron chi connectivity index (χ2n) is 4.11. The van der Waals surface area contributed by atoms with E-state index in [1.165, 1.54) is 0 Å². The highest BCUT2D eigenvalue weighted by Gasteiger charge is 2.45. The monoisotopic (exact) mass is 223 g/mol. The number of carbonyl (C=O) groups is 1. The lowest BCUT2D eigenvalue weighted by Gasteiger charge is -2.04.